The molecule has 0 unspecified atom stereocenters. The predicted molar refractivity (Wildman–Crippen MR) is 135 cm³/mol. The third-order valence-electron chi connectivity index (χ3n) is 4.99. The Morgan fingerprint density at radius 3 is 2.57 bits per heavy atom. The van der Waals surface area contributed by atoms with Gasteiger partial charge in [0.25, 0.3) is 0 Å². The number of nitrogens with one attached hydrogen (secondary N) is 3. The SMILES string of the molecule is COCCCNc1cc(Oc2ccc(-c3nnc(Nc4cccc(C(F)(F)F)c4)[nH]3)cc2)nc(SC)n1. The summed E-state index contributed by atoms with van der Waals surface area (Å²) in [5, 5.41) is 14.7. The van der Waals surface area contributed by atoms with Crippen LogP contribution >= 0.6 is 11.8 Å². The zero-order valence-electron chi connectivity index (χ0n) is 20.0. The Bertz CT molecular complexity index is 1320. The molecule has 0 saturated heterocycles. The van der Waals surface area contributed by atoms with Crippen molar-refractivity contribution in [2.45, 2.75) is 17.8 Å². The van der Waals surface area contributed by atoms with Crippen molar-refractivity contribution in [3.05, 3.63) is 60.2 Å². The van der Waals surface area contributed by atoms with Crippen molar-refractivity contribution in [2.24, 2.45) is 0 Å². The largest absolute Gasteiger partial charge is 0.439 e. The highest BCUT2D eigenvalue weighted by atomic mass is 32.2. The molecule has 0 aliphatic carbocycles. The topological polar surface area (TPSA) is 110 Å². The summed E-state index contributed by atoms with van der Waals surface area (Å²) >= 11 is 1.41. The van der Waals surface area contributed by atoms with Crippen molar-refractivity contribution in [3.63, 3.8) is 0 Å². The average Bonchev–Trinajstić information content (AvgIpc) is 3.35. The van der Waals surface area contributed by atoms with Gasteiger partial charge in [-0.05, 0) is 55.1 Å². The standard InChI is InChI=1S/C24H24F3N7O2S/c1-35-12-4-11-28-19-14-20(31-23(30-19)37-2)36-18-9-7-15(8-10-18)21-32-22(34-33-21)29-17-6-3-5-16(13-17)24(25,26)27/h3,5-10,13-14H,4,11-12H2,1-2H3,(H,28,30,31)(H2,29,32,33,34). The fourth-order valence-electron chi connectivity index (χ4n) is 3.23. The van der Waals surface area contributed by atoms with E-state index in [2.05, 4.69) is 35.8 Å². The summed E-state index contributed by atoms with van der Waals surface area (Å²) in [6.07, 6.45) is -1.71. The molecule has 4 aromatic rings. The lowest BCUT2D eigenvalue weighted by atomic mass is 10.2. The van der Waals surface area contributed by atoms with E-state index >= 15 is 0 Å². The Morgan fingerprint density at radius 1 is 1.03 bits per heavy atom. The second-order valence-corrected chi connectivity index (χ2v) is 8.48. The van der Waals surface area contributed by atoms with Gasteiger partial charge >= 0.3 is 6.18 Å². The van der Waals surface area contributed by atoms with Crippen molar-refractivity contribution in [2.75, 3.05) is 37.2 Å². The number of aromatic amines is 1. The fourth-order valence-corrected chi connectivity index (χ4v) is 3.60. The first-order valence-corrected chi connectivity index (χ1v) is 12.4. The number of alkyl halides is 3. The number of benzene rings is 2. The molecule has 13 heteroatoms. The molecule has 0 radical (unpaired) electrons. The van der Waals surface area contributed by atoms with Crippen molar-refractivity contribution in [3.8, 4) is 23.0 Å². The number of rotatable bonds is 11. The number of nitrogens with zero attached hydrogens (tertiary/aromatic N) is 4. The molecule has 3 N–H and O–H groups in total. The number of hydrogen-bond donors (Lipinski definition) is 3. The summed E-state index contributed by atoms with van der Waals surface area (Å²) in [6.45, 7) is 1.35. The molecule has 0 aliphatic heterocycles. The monoisotopic (exact) mass is 531 g/mol. The Hall–Kier alpha value is -3.84. The summed E-state index contributed by atoms with van der Waals surface area (Å²) in [5.41, 5.74) is 0.198. The van der Waals surface area contributed by atoms with Crippen LogP contribution in [0.15, 0.2) is 59.8 Å². The van der Waals surface area contributed by atoms with Crippen LogP contribution in [0.25, 0.3) is 11.4 Å². The lowest BCUT2D eigenvalue weighted by Crippen LogP contribution is -2.07. The van der Waals surface area contributed by atoms with E-state index in [0.29, 0.717) is 47.1 Å². The Morgan fingerprint density at radius 2 is 1.84 bits per heavy atom. The van der Waals surface area contributed by atoms with Gasteiger partial charge in [0.05, 0.1) is 5.56 Å². The van der Waals surface area contributed by atoms with Gasteiger partial charge in [-0.25, -0.2) is 4.98 Å². The van der Waals surface area contributed by atoms with E-state index < -0.39 is 11.7 Å². The minimum absolute atomic E-state index is 0.214. The zero-order chi connectivity index (χ0) is 26.3. The molecular weight excluding hydrogens is 507 g/mol. The van der Waals surface area contributed by atoms with E-state index in [-0.39, 0.29) is 11.6 Å². The molecule has 37 heavy (non-hydrogen) atoms. The number of anilines is 3. The smallest absolute Gasteiger partial charge is 0.416 e. The van der Waals surface area contributed by atoms with E-state index in [0.717, 1.165) is 18.6 Å². The lowest BCUT2D eigenvalue weighted by Gasteiger charge is -2.10. The van der Waals surface area contributed by atoms with Gasteiger partial charge in [0.15, 0.2) is 11.0 Å². The van der Waals surface area contributed by atoms with Gasteiger partial charge in [-0.1, -0.05) is 17.8 Å². The maximum Gasteiger partial charge on any atom is 0.416 e. The summed E-state index contributed by atoms with van der Waals surface area (Å²) < 4.78 is 49.8. The van der Waals surface area contributed by atoms with Gasteiger partial charge in [-0.2, -0.15) is 18.2 Å². The first kappa shape index (κ1) is 26.2. The quantitative estimate of drug-likeness (QED) is 0.122. The third kappa shape index (κ3) is 7.33. The molecular formula is C24H24F3N7O2S. The molecule has 2 aromatic heterocycles. The van der Waals surface area contributed by atoms with Crippen LogP contribution in [-0.4, -0.2) is 51.7 Å². The van der Waals surface area contributed by atoms with Crippen molar-refractivity contribution in [1.29, 1.82) is 0 Å². The van der Waals surface area contributed by atoms with E-state index in [4.69, 9.17) is 9.47 Å². The summed E-state index contributed by atoms with van der Waals surface area (Å²) in [7, 11) is 1.66. The van der Waals surface area contributed by atoms with Crippen LogP contribution in [0.2, 0.25) is 0 Å². The van der Waals surface area contributed by atoms with Crippen LogP contribution in [0, 0.1) is 0 Å². The molecule has 0 aliphatic rings. The van der Waals surface area contributed by atoms with E-state index in [1.807, 2.05) is 6.26 Å². The van der Waals surface area contributed by atoms with Crippen LogP contribution in [0.3, 0.4) is 0 Å². The van der Waals surface area contributed by atoms with E-state index in [9.17, 15) is 13.2 Å². The molecule has 0 saturated carbocycles. The highest BCUT2D eigenvalue weighted by Crippen LogP contribution is 2.31. The highest BCUT2D eigenvalue weighted by molar-refractivity contribution is 7.98. The van der Waals surface area contributed by atoms with Crippen molar-refractivity contribution in [1.82, 2.24) is 25.1 Å². The lowest BCUT2D eigenvalue weighted by molar-refractivity contribution is -0.137. The molecule has 0 fully saturated rings. The highest BCUT2D eigenvalue weighted by Gasteiger charge is 2.30. The summed E-state index contributed by atoms with van der Waals surface area (Å²) in [4.78, 5) is 11.8. The summed E-state index contributed by atoms with van der Waals surface area (Å²) in [5.74, 6) is 2.26. The summed E-state index contributed by atoms with van der Waals surface area (Å²) in [6, 6.07) is 13.6. The van der Waals surface area contributed by atoms with Gasteiger partial charge in [0.2, 0.25) is 11.8 Å². The zero-order valence-corrected chi connectivity index (χ0v) is 20.8. The molecule has 9 nitrogen and oxygen atoms in total. The second kappa shape index (κ2) is 11.9. The van der Waals surface area contributed by atoms with E-state index in [1.54, 1.807) is 37.4 Å². The van der Waals surface area contributed by atoms with Crippen molar-refractivity contribution >= 4 is 29.2 Å². The van der Waals surface area contributed by atoms with Gasteiger partial charge in [0, 0.05) is 37.6 Å². The number of ether oxygens (including phenoxy) is 2. The molecule has 194 valence electrons. The van der Waals surface area contributed by atoms with Gasteiger partial charge in [0.1, 0.15) is 11.6 Å². The Kier molecular flexibility index (Phi) is 8.46. The number of halogens is 3. The Labute approximate surface area is 215 Å². The van der Waals surface area contributed by atoms with Crippen LogP contribution in [-0.2, 0) is 10.9 Å². The number of H-pyrrole nitrogens is 1. The molecule has 2 aromatic carbocycles. The first-order chi connectivity index (χ1) is 17.8. The molecule has 0 bridgehead atoms. The molecule has 4 rings (SSSR count). The molecule has 2 heterocycles. The van der Waals surface area contributed by atoms with Gasteiger partial charge in [-0.3, -0.25) is 0 Å². The second-order valence-electron chi connectivity index (χ2n) is 7.70. The predicted octanol–water partition coefficient (Wildman–Crippen LogP) is 5.99. The fraction of sp³-hybridized carbons (Fsp3) is 0.250. The average molecular weight is 532 g/mol. The minimum atomic E-state index is -4.43. The Balaban J connectivity index is 1.42. The number of aromatic nitrogens is 5. The number of hydrogen-bond acceptors (Lipinski definition) is 9. The van der Waals surface area contributed by atoms with Crippen LogP contribution < -0.4 is 15.4 Å². The number of thioether (sulfide) groups is 1. The van der Waals surface area contributed by atoms with Gasteiger partial charge in [-0.15, -0.1) is 10.2 Å². The van der Waals surface area contributed by atoms with Gasteiger partial charge < -0.3 is 25.1 Å². The molecule has 0 atom stereocenters. The molecule has 0 amide bonds. The van der Waals surface area contributed by atoms with Crippen molar-refractivity contribution < 1.29 is 22.6 Å². The van der Waals surface area contributed by atoms with Crippen LogP contribution in [0.1, 0.15) is 12.0 Å². The van der Waals surface area contributed by atoms with Crippen LogP contribution in [0.5, 0.6) is 11.6 Å². The minimum Gasteiger partial charge on any atom is -0.439 e. The molecule has 0 spiro atoms. The maximum absolute atomic E-state index is 12.9. The first-order valence-electron chi connectivity index (χ1n) is 11.1. The maximum atomic E-state index is 12.9. The number of methoxy groups -OCH3 is 1. The normalized spacial score (nSPS) is 11.4. The third-order valence-corrected chi connectivity index (χ3v) is 5.53. The van der Waals surface area contributed by atoms with E-state index in [1.165, 1.54) is 23.9 Å². The van der Waals surface area contributed by atoms with Crippen LogP contribution in [0.4, 0.5) is 30.6 Å².